The standard InChI is InChI=1S/C11H11N3O3/c1-7-10(11(15)16)13-14(12-7)8-3-5-9(17-2)6-4-8/h3-6H,1-2H3,(H,15,16). The number of carbonyl (C=O) groups is 1. The third-order valence-corrected chi connectivity index (χ3v) is 2.29. The van der Waals surface area contributed by atoms with Gasteiger partial charge in [-0.1, -0.05) is 0 Å². The van der Waals surface area contributed by atoms with Crippen molar-refractivity contribution in [2.45, 2.75) is 6.92 Å². The Labute approximate surface area is 97.4 Å². The van der Waals surface area contributed by atoms with E-state index in [0.717, 1.165) is 5.75 Å². The normalized spacial score (nSPS) is 10.2. The van der Waals surface area contributed by atoms with Crippen LogP contribution in [0.1, 0.15) is 16.2 Å². The molecule has 0 aliphatic heterocycles. The number of hydrogen-bond acceptors (Lipinski definition) is 4. The fraction of sp³-hybridized carbons (Fsp3) is 0.182. The van der Waals surface area contributed by atoms with Gasteiger partial charge in [0.15, 0.2) is 5.69 Å². The lowest BCUT2D eigenvalue weighted by atomic mass is 10.3. The van der Waals surface area contributed by atoms with Gasteiger partial charge >= 0.3 is 5.97 Å². The van der Waals surface area contributed by atoms with Crippen LogP contribution in [0.4, 0.5) is 0 Å². The maximum absolute atomic E-state index is 10.8. The third-order valence-electron chi connectivity index (χ3n) is 2.29. The summed E-state index contributed by atoms with van der Waals surface area (Å²) in [6.45, 7) is 1.61. The van der Waals surface area contributed by atoms with Crippen molar-refractivity contribution < 1.29 is 14.6 Å². The summed E-state index contributed by atoms with van der Waals surface area (Å²) in [5.41, 5.74) is 1.02. The highest BCUT2D eigenvalue weighted by atomic mass is 16.5. The number of aryl methyl sites for hydroxylation is 1. The van der Waals surface area contributed by atoms with E-state index in [2.05, 4.69) is 10.2 Å². The summed E-state index contributed by atoms with van der Waals surface area (Å²) in [4.78, 5) is 12.1. The Balaban J connectivity index is 2.39. The highest BCUT2D eigenvalue weighted by Crippen LogP contribution is 2.14. The average molecular weight is 233 g/mol. The van der Waals surface area contributed by atoms with Gasteiger partial charge in [0.1, 0.15) is 5.75 Å². The number of hydrogen-bond donors (Lipinski definition) is 1. The van der Waals surface area contributed by atoms with Crippen LogP contribution in [-0.4, -0.2) is 33.2 Å². The Bertz CT molecular complexity index is 546. The summed E-state index contributed by atoms with van der Waals surface area (Å²) in [5, 5.41) is 16.8. The largest absolute Gasteiger partial charge is 0.497 e. The molecule has 0 aliphatic rings. The zero-order valence-electron chi connectivity index (χ0n) is 9.41. The molecule has 2 rings (SSSR count). The van der Waals surface area contributed by atoms with Crippen LogP contribution in [-0.2, 0) is 0 Å². The molecule has 0 fully saturated rings. The summed E-state index contributed by atoms with van der Waals surface area (Å²) in [5.74, 6) is -0.363. The van der Waals surface area contributed by atoms with E-state index in [1.165, 1.54) is 4.80 Å². The van der Waals surface area contributed by atoms with Crippen LogP contribution < -0.4 is 4.74 Å². The maximum atomic E-state index is 10.8. The van der Waals surface area contributed by atoms with E-state index in [1.54, 1.807) is 38.3 Å². The minimum Gasteiger partial charge on any atom is -0.497 e. The second kappa shape index (κ2) is 4.25. The Kier molecular flexibility index (Phi) is 2.78. The van der Waals surface area contributed by atoms with Crippen LogP contribution in [0.2, 0.25) is 0 Å². The number of methoxy groups -OCH3 is 1. The minimum absolute atomic E-state index is 0.0409. The second-order valence-electron chi connectivity index (χ2n) is 3.43. The van der Waals surface area contributed by atoms with Crippen LogP contribution in [0, 0.1) is 6.92 Å². The maximum Gasteiger partial charge on any atom is 0.358 e. The van der Waals surface area contributed by atoms with Crippen molar-refractivity contribution in [1.82, 2.24) is 15.0 Å². The van der Waals surface area contributed by atoms with Gasteiger partial charge in [-0.15, -0.1) is 5.10 Å². The molecule has 1 aromatic heterocycles. The number of carboxylic acid groups (broad SMARTS) is 1. The second-order valence-corrected chi connectivity index (χ2v) is 3.43. The predicted octanol–water partition coefficient (Wildman–Crippen LogP) is 1.28. The molecule has 6 heteroatoms. The van der Waals surface area contributed by atoms with E-state index < -0.39 is 5.97 Å². The highest BCUT2D eigenvalue weighted by molar-refractivity contribution is 5.86. The van der Waals surface area contributed by atoms with Gasteiger partial charge in [-0.2, -0.15) is 9.90 Å². The molecule has 17 heavy (non-hydrogen) atoms. The number of ether oxygens (including phenoxy) is 1. The fourth-order valence-corrected chi connectivity index (χ4v) is 1.41. The Morgan fingerprint density at radius 3 is 2.41 bits per heavy atom. The molecular formula is C11H11N3O3. The van der Waals surface area contributed by atoms with Crippen LogP contribution in [0.3, 0.4) is 0 Å². The molecule has 0 saturated heterocycles. The first-order valence-corrected chi connectivity index (χ1v) is 4.93. The number of carboxylic acids is 1. The molecule has 1 aromatic carbocycles. The van der Waals surface area contributed by atoms with E-state index >= 15 is 0 Å². The molecule has 0 spiro atoms. The van der Waals surface area contributed by atoms with Crippen molar-refractivity contribution in [3.8, 4) is 11.4 Å². The molecule has 0 bridgehead atoms. The van der Waals surface area contributed by atoms with Crippen LogP contribution >= 0.6 is 0 Å². The molecule has 0 amide bonds. The molecule has 1 N–H and O–H groups in total. The van der Waals surface area contributed by atoms with E-state index in [-0.39, 0.29) is 5.69 Å². The van der Waals surface area contributed by atoms with E-state index in [1.807, 2.05) is 0 Å². The molecule has 2 aromatic rings. The summed E-state index contributed by atoms with van der Waals surface area (Å²) >= 11 is 0. The van der Waals surface area contributed by atoms with Crippen LogP contribution in [0.15, 0.2) is 24.3 Å². The number of nitrogens with zero attached hydrogens (tertiary/aromatic N) is 3. The van der Waals surface area contributed by atoms with Gasteiger partial charge in [0, 0.05) is 0 Å². The number of benzene rings is 1. The number of aromatic carboxylic acids is 1. The van der Waals surface area contributed by atoms with Crippen LogP contribution in [0.5, 0.6) is 5.75 Å². The molecule has 0 radical (unpaired) electrons. The van der Waals surface area contributed by atoms with E-state index in [9.17, 15) is 4.79 Å². The lowest BCUT2D eigenvalue weighted by Gasteiger charge is -2.01. The molecule has 0 aliphatic carbocycles. The molecular weight excluding hydrogens is 222 g/mol. The van der Waals surface area contributed by atoms with Gasteiger partial charge in [0.25, 0.3) is 0 Å². The van der Waals surface area contributed by atoms with Crippen molar-refractivity contribution >= 4 is 5.97 Å². The smallest absolute Gasteiger partial charge is 0.358 e. The lowest BCUT2D eigenvalue weighted by molar-refractivity contribution is 0.0689. The summed E-state index contributed by atoms with van der Waals surface area (Å²) in [7, 11) is 1.58. The van der Waals surface area contributed by atoms with Gasteiger partial charge in [-0.25, -0.2) is 4.79 Å². The van der Waals surface area contributed by atoms with Crippen molar-refractivity contribution in [1.29, 1.82) is 0 Å². The number of rotatable bonds is 3. The topological polar surface area (TPSA) is 77.2 Å². The third kappa shape index (κ3) is 2.10. The quantitative estimate of drug-likeness (QED) is 0.864. The van der Waals surface area contributed by atoms with Gasteiger partial charge in [-0.05, 0) is 31.2 Å². The fourth-order valence-electron chi connectivity index (χ4n) is 1.41. The molecule has 6 nitrogen and oxygen atoms in total. The first kappa shape index (κ1) is 11.1. The molecule has 0 saturated carbocycles. The summed E-state index contributed by atoms with van der Waals surface area (Å²) < 4.78 is 5.03. The van der Waals surface area contributed by atoms with Crippen LogP contribution in [0.25, 0.3) is 5.69 Å². The molecule has 0 unspecified atom stereocenters. The van der Waals surface area contributed by atoms with Crippen molar-refractivity contribution in [2.75, 3.05) is 7.11 Å². The number of aromatic nitrogens is 3. The van der Waals surface area contributed by atoms with Crippen molar-refractivity contribution in [3.05, 3.63) is 35.7 Å². The lowest BCUT2D eigenvalue weighted by Crippen LogP contribution is -2.02. The zero-order valence-corrected chi connectivity index (χ0v) is 9.41. The van der Waals surface area contributed by atoms with Gasteiger partial charge < -0.3 is 9.84 Å². The van der Waals surface area contributed by atoms with Gasteiger partial charge in [-0.3, -0.25) is 0 Å². The average Bonchev–Trinajstić information content (AvgIpc) is 2.71. The monoisotopic (exact) mass is 233 g/mol. The summed E-state index contributed by atoms with van der Waals surface area (Å²) in [6.07, 6.45) is 0. The Hall–Kier alpha value is -2.37. The first-order chi connectivity index (χ1) is 8.11. The predicted molar refractivity (Wildman–Crippen MR) is 59.6 cm³/mol. The van der Waals surface area contributed by atoms with E-state index in [0.29, 0.717) is 11.4 Å². The first-order valence-electron chi connectivity index (χ1n) is 4.93. The molecule has 0 atom stereocenters. The van der Waals surface area contributed by atoms with Gasteiger partial charge in [0.2, 0.25) is 0 Å². The summed E-state index contributed by atoms with van der Waals surface area (Å²) in [6, 6.07) is 7.02. The molecule has 1 heterocycles. The molecule has 88 valence electrons. The highest BCUT2D eigenvalue weighted by Gasteiger charge is 2.14. The Morgan fingerprint density at radius 2 is 1.94 bits per heavy atom. The Morgan fingerprint density at radius 1 is 1.29 bits per heavy atom. The SMILES string of the molecule is COc1ccc(-n2nc(C)c(C(=O)O)n2)cc1. The minimum atomic E-state index is -1.08. The van der Waals surface area contributed by atoms with Crippen molar-refractivity contribution in [2.24, 2.45) is 0 Å². The van der Waals surface area contributed by atoms with Crippen molar-refractivity contribution in [3.63, 3.8) is 0 Å². The van der Waals surface area contributed by atoms with Gasteiger partial charge in [0.05, 0.1) is 18.5 Å². The van der Waals surface area contributed by atoms with E-state index in [4.69, 9.17) is 9.84 Å². The zero-order chi connectivity index (χ0) is 12.4.